The first kappa shape index (κ1) is 24.4. The van der Waals surface area contributed by atoms with Gasteiger partial charge in [-0.15, -0.1) is 11.3 Å². The lowest BCUT2D eigenvalue weighted by atomic mass is 9.99. The molecule has 0 aliphatic heterocycles. The second-order valence-corrected chi connectivity index (χ2v) is 8.69. The Hall–Kier alpha value is -3.26. The van der Waals surface area contributed by atoms with E-state index in [0.717, 1.165) is 0 Å². The number of methoxy groups -OCH3 is 1. The average Bonchev–Trinajstić information content (AvgIpc) is 3.43. The maximum absolute atomic E-state index is 13.7. The minimum absolute atomic E-state index is 0.139. The zero-order valence-electron chi connectivity index (χ0n) is 19.3. The van der Waals surface area contributed by atoms with Crippen LogP contribution in [0.15, 0.2) is 41.8 Å². The molecule has 3 rings (SSSR count). The number of ketones is 1. The van der Waals surface area contributed by atoms with E-state index in [9.17, 15) is 18.8 Å². The smallest absolute Gasteiger partial charge is 0.354 e. The van der Waals surface area contributed by atoms with Crippen LogP contribution in [0.5, 0.6) is 0 Å². The molecule has 0 radical (unpaired) electrons. The largest absolute Gasteiger partial charge is 0.464 e. The number of thiophene rings is 1. The minimum atomic E-state index is -0.819. The maximum atomic E-state index is 13.7. The van der Waals surface area contributed by atoms with E-state index >= 15 is 0 Å². The van der Waals surface area contributed by atoms with Gasteiger partial charge in [0.15, 0.2) is 5.78 Å². The number of nitrogens with zero attached hydrogens (tertiary/aromatic N) is 2. The molecule has 1 amide bonds. The minimum Gasteiger partial charge on any atom is -0.464 e. The van der Waals surface area contributed by atoms with Crippen LogP contribution in [0.3, 0.4) is 0 Å². The van der Waals surface area contributed by atoms with Crippen molar-refractivity contribution in [1.82, 2.24) is 9.47 Å². The van der Waals surface area contributed by atoms with Crippen LogP contribution >= 0.6 is 11.3 Å². The Labute approximate surface area is 196 Å². The fourth-order valence-electron chi connectivity index (χ4n) is 4.08. The third kappa shape index (κ3) is 4.75. The second-order valence-electron chi connectivity index (χ2n) is 7.75. The number of esters is 1. The number of ether oxygens (including phenoxy) is 1. The van der Waals surface area contributed by atoms with Gasteiger partial charge in [-0.05, 0) is 62.4 Å². The third-order valence-electron chi connectivity index (χ3n) is 5.81. The first-order valence-electron chi connectivity index (χ1n) is 10.6. The number of rotatable bonds is 8. The van der Waals surface area contributed by atoms with Crippen molar-refractivity contribution < 1.29 is 23.5 Å². The molecule has 0 aliphatic rings. The van der Waals surface area contributed by atoms with Crippen molar-refractivity contribution in [1.29, 1.82) is 0 Å². The quantitative estimate of drug-likeness (QED) is 0.342. The van der Waals surface area contributed by atoms with E-state index in [1.807, 2.05) is 6.92 Å². The van der Waals surface area contributed by atoms with Gasteiger partial charge in [-0.1, -0.05) is 18.2 Å². The van der Waals surface area contributed by atoms with Crippen molar-refractivity contribution in [2.24, 2.45) is 0 Å². The first-order chi connectivity index (χ1) is 15.7. The average molecular weight is 471 g/mol. The lowest BCUT2D eigenvalue weighted by Crippen LogP contribution is -2.43. The topological polar surface area (TPSA) is 68.6 Å². The van der Waals surface area contributed by atoms with Gasteiger partial charge in [-0.25, -0.2) is 9.18 Å². The van der Waals surface area contributed by atoms with E-state index in [2.05, 4.69) is 0 Å². The molecule has 0 fully saturated rings. The van der Waals surface area contributed by atoms with E-state index in [1.54, 1.807) is 55.0 Å². The highest BCUT2D eigenvalue weighted by molar-refractivity contribution is 7.12. The molecule has 33 heavy (non-hydrogen) atoms. The Bertz CT molecular complexity index is 1170. The van der Waals surface area contributed by atoms with Gasteiger partial charge in [0.1, 0.15) is 11.5 Å². The number of hydrogen-bond donors (Lipinski definition) is 0. The molecule has 0 spiro atoms. The molecule has 0 aliphatic carbocycles. The molecule has 174 valence electrons. The van der Waals surface area contributed by atoms with Gasteiger partial charge in [-0.3, -0.25) is 9.59 Å². The molecule has 3 aromatic rings. The van der Waals surface area contributed by atoms with Crippen molar-refractivity contribution in [3.8, 4) is 0 Å². The van der Waals surface area contributed by atoms with E-state index in [-0.39, 0.29) is 24.1 Å². The summed E-state index contributed by atoms with van der Waals surface area (Å²) in [4.78, 5) is 41.4. The molecule has 1 atom stereocenters. The van der Waals surface area contributed by atoms with E-state index in [4.69, 9.17) is 4.74 Å². The number of carbonyl (C=O) groups is 3. The van der Waals surface area contributed by atoms with Crippen LogP contribution < -0.4 is 0 Å². The molecule has 1 aromatic carbocycles. The highest BCUT2D eigenvalue weighted by Crippen LogP contribution is 2.27. The van der Waals surface area contributed by atoms with Crippen molar-refractivity contribution in [3.63, 3.8) is 0 Å². The Morgan fingerprint density at radius 1 is 1.15 bits per heavy atom. The first-order valence-corrected chi connectivity index (χ1v) is 11.5. The normalized spacial score (nSPS) is 11.8. The van der Waals surface area contributed by atoms with Gasteiger partial charge < -0.3 is 14.2 Å². The fourth-order valence-corrected chi connectivity index (χ4v) is 4.76. The van der Waals surface area contributed by atoms with Crippen LogP contribution in [0.4, 0.5) is 4.39 Å². The number of halogens is 1. The molecule has 6 nitrogen and oxygen atoms in total. The summed E-state index contributed by atoms with van der Waals surface area (Å²) in [5.41, 5.74) is 2.63. The second kappa shape index (κ2) is 10.1. The summed E-state index contributed by atoms with van der Waals surface area (Å²) in [6, 6.07) is 8.52. The van der Waals surface area contributed by atoms with E-state index < -0.39 is 12.0 Å². The van der Waals surface area contributed by atoms with Gasteiger partial charge in [0.25, 0.3) is 5.91 Å². The van der Waals surface area contributed by atoms with Gasteiger partial charge in [0.05, 0.1) is 18.0 Å². The zero-order chi connectivity index (χ0) is 24.3. The molecule has 1 unspecified atom stereocenters. The predicted octanol–water partition coefficient (Wildman–Crippen LogP) is 5.03. The summed E-state index contributed by atoms with van der Waals surface area (Å²) >= 11 is 1.29. The number of benzene rings is 1. The predicted molar refractivity (Wildman–Crippen MR) is 125 cm³/mol. The summed E-state index contributed by atoms with van der Waals surface area (Å²) in [5.74, 6) is -1.44. The summed E-state index contributed by atoms with van der Waals surface area (Å²) in [6.45, 7) is 7.70. The van der Waals surface area contributed by atoms with E-state index in [0.29, 0.717) is 39.5 Å². The monoisotopic (exact) mass is 470 g/mol. The van der Waals surface area contributed by atoms with Crippen LogP contribution in [-0.4, -0.2) is 40.3 Å². The van der Waals surface area contributed by atoms with Crippen molar-refractivity contribution in [2.45, 2.75) is 46.8 Å². The number of Topliss-reactive ketones (excluding diaryl/α,β-unsaturated/α-hetero) is 1. The maximum Gasteiger partial charge on any atom is 0.354 e. The fraction of sp³-hybridized carbons (Fsp3) is 0.320. The molecule has 8 heteroatoms. The van der Waals surface area contributed by atoms with Crippen molar-refractivity contribution in [2.75, 3.05) is 7.11 Å². The Balaban J connectivity index is 2.04. The van der Waals surface area contributed by atoms with Crippen LogP contribution in [0.25, 0.3) is 0 Å². The van der Waals surface area contributed by atoms with Gasteiger partial charge >= 0.3 is 5.97 Å². The summed E-state index contributed by atoms with van der Waals surface area (Å²) in [7, 11) is 1.30. The molecule has 0 bridgehead atoms. The molecule has 2 aromatic heterocycles. The van der Waals surface area contributed by atoms with Gasteiger partial charge in [0, 0.05) is 24.3 Å². The lowest BCUT2D eigenvalue weighted by Gasteiger charge is -2.28. The van der Waals surface area contributed by atoms with E-state index in [1.165, 1.54) is 35.5 Å². The number of aromatic nitrogens is 1. The van der Waals surface area contributed by atoms with Crippen LogP contribution in [0.1, 0.15) is 61.2 Å². The summed E-state index contributed by atoms with van der Waals surface area (Å²) in [5, 5.41) is 1.80. The van der Waals surface area contributed by atoms with Gasteiger partial charge in [-0.2, -0.15) is 0 Å². The number of amides is 1. The Morgan fingerprint density at radius 2 is 1.82 bits per heavy atom. The van der Waals surface area contributed by atoms with Crippen LogP contribution in [0.2, 0.25) is 0 Å². The number of hydrogen-bond acceptors (Lipinski definition) is 5. The standard InChI is InChI=1S/C25H27FN2O4S/c1-6-27-16(3)21(15(2)22(27)25(31)32-5)23(29)17(4)28(24(30)20-8-7-13-33-20)14-18-9-11-19(26)12-10-18/h7-13,17H,6,14H2,1-5H3. The Morgan fingerprint density at radius 3 is 2.36 bits per heavy atom. The highest BCUT2D eigenvalue weighted by Gasteiger charge is 2.33. The molecule has 0 N–H and O–H groups in total. The molecule has 0 saturated carbocycles. The SMILES string of the molecule is CCn1c(C)c(C(=O)C(C)N(Cc2ccc(F)cc2)C(=O)c2cccs2)c(C)c1C(=O)OC. The molecular weight excluding hydrogens is 443 g/mol. The third-order valence-corrected chi connectivity index (χ3v) is 6.67. The van der Waals surface area contributed by atoms with Crippen molar-refractivity contribution in [3.05, 3.63) is 80.6 Å². The number of carbonyl (C=O) groups excluding carboxylic acids is 3. The molecule has 2 heterocycles. The molecular formula is C25H27FN2O4S. The molecule has 0 saturated heterocycles. The summed E-state index contributed by atoms with van der Waals surface area (Å²) in [6.07, 6.45) is 0. The van der Waals surface area contributed by atoms with Crippen LogP contribution in [0, 0.1) is 19.7 Å². The van der Waals surface area contributed by atoms with Gasteiger partial charge in [0.2, 0.25) is 0 Å². The lowest BCUT2D eigenvalue weighted by molar-refractivity contribution is 0.0586. The zero-order valence-corrected chi connectivity index (χ0v) is 20.2. The van der Waals surface area contributed by atoms with Crippen LogP contribution in [-0.2, 0) is 17.8 Å². The highest BCUT2D eigenvalue weighted by atomic mass is 32.1. The Kier molecular flexibility index (Phi) is 7.48. The summed E-state index contributed by atoms with van der Waals surface area (Å²) < 4.78 is 20.1. The van der Waals surface area contributed by atoms with Crippen molar-refractivity contribution >= 4 is 29.0 Å².